The van der Waals surface area contributed by atoms with E-state index in [2.05, 4.69) is 0 Å². The fourth-order valence-electron chi connectivity index (χ4n) is 1.41. The van der Waals surface area contributed by atoms with Crippen molar-refractivity contribution in [2.45, 2.75) is 38.0 Å². The molecule has 5 nitrogen and oxygen atoms in total. The Kier molecular flexibility index (Phi) is 3.20. The van der Waals surface area contributed by atoms with Crippen LogP contribution in [-0.2, 0) is 24.1 Å². The van der Waals surface area contributed by atoms with Gasteiger partial charge in [-0.05, 0) is 27.2 Å². The summed E-state index contributed by atoms with van der Waals surface area (Å²) in [4.78, 5) is 0. The van der Waals surface area contributed by atoms with E-state index in [-0.39, 0.29) is 17.9 Å². The van der Waals surface area contributed by atoms with Crippen molar-refractivity contribution in [2.75, 3.05) is 11.5 Å². The highest BCUT2D eigenvalue weighted by molar-refractivity contribution is 7.94. The molecule has 0 amide bonds. The first-order valence-corrected chi connectivity index (χ1v) is 7.96. The summed E-state index contributed by atoms with van der Waals surface area (Å²) in [6, 6.07) is 0. The van der Waals surface area contributed by atoms with Gasteiger partial charge in [0.15, 0.2) is 9.84 Å². The van der Waals surface area contributed by atoms with Gasteiger partial charge >= 0.3 is 0 Å². The maximum Gasteiger partial charge on any atom is 0.271 e. The van der Waals surface area contributed by atoms with Crippen molar-refractivity contribution in [3.63, 3.8) is 0 Å². The van der Waals surface area contributed by atoms with Gasteiger partial charge in [-0.15, -0.1) is 0 Å². The summed E-state index contributed by atoms with van der Waals surface area (Å²) in [5.41, 5.74) is -0.814. The first-order chi connectivity index (χ1) is 6.52. The Bertz CT molecular complexity index is 426. The normalized spacial score (nSPS) is 26.7. The Balaban J connectivity index is 2.82. The van der Waals surface area contributed by atoms with Gasteiger partial charge in [0.05, 0.1) is 17.1 Å². The largest absolute Gasteiger partial charge is 0.271 e. The van der Waals surface area contributed by atoms with Gasteiger partial charge in [0, 0.05) is 0 Å². The quantitative estimate of drug-likeness (QED) is 0.665. The Morgan fingerprint density at radius 3 is 2.13 bits per heavy atom. The van der Waals surface area contributed by atoms with Crippen molar-refractivity contribution in [1.82, 2.24) is 0 Å². The van der Waals surface area contributed by atoms with Crippen molar-refractivity contribution >= 4 is 20.0 Å². The lowest BCUT2D eigenvalue weighted by Gasteiger charge is -2.21. The fraction of sp³-hybridized carbons (Fsp3) is 1.00. The molecule has 1 heterocycles. The fourth-order valence-corrected chi connectivity index (χ4v) is 5.63. The molecule has 1 unspecified atom stereocenters. The van der Waals surface area contributed by atoms with Gasteiger partial charge in [-0.3, -0.25) is 4.18 Å². The van der Waals surface area contributed by atoms with Crippen molar-refractivity contribution in [3.8, 4) is 0 Å². The highest BCUT2D eigenvalue weighted by Gasteiger charge is 2.39. The third kappa shape index (κ3) is 3.73. The molecule has 0 radical (unpaired) electrons. The minimum absolute atomic E-state index is 0.0651. The Morgan fingerprint density at radius 1 is 1.27 bits per heavy atom. The van der Waals surface area contributed by atoms with Gasteiger partial charge in [0.1, 0.15) is 5.25 Å². The summed E-state index contributed by atoms with van der Waals surface area (Å²) in [7, 11) is -6.96. The monoisotopic (exact) mass is 256 g/mol. The molecular formula is C8H16O5S2. The molecule has 0 N–H and O–H groups in total. The molecule has 0 aromatic heterocycles. The van der Waals surface area contributed by atoms with Crippen LogP contribution in [0, 0.1) is 0 Å². The van der Waals surface area contributed by atoms with E-state index in [1.54, 1.807) is 20.8 Å². The molecule has 0 aromatic carbocycles. The van der Waals surface area contributed by atoms with E-state index in [9.17, 15) is 16.8 Å². The first kappa shape index (κ1) is 12.9. The summed E-state index contributed by atoms with van der Waals surface area (Å²) in [5.74, 6) is -0.379. The predicted molar refractivity (Wildman–Crippen MR) is 56.8 cm³/mol. The predicted octanol–water partition coefficient (Wildman–Crippen LogP) is 0.318. The lowest BCUT2D eigenvalue weighted by atomic mass is 10.2. The number of hydrogen-bond acceptors (Lipinski definition) is 5. The molecule has 15 heavy (non-hydrogen) atoms. The third-order valence-electron chi connectivity index (χ3n) is 1.97. The molecule has 0 spiro atoms. The third-order valence-corrected chi connectivity index (χ3v) is 5.90. The lowest BCUT2D eigenvalue weighted by Crippen LogP contribution is -2.32. The van der Waals surface area contributed by atoms with Crippen LogP contribution in [-0.4, -0.2) is 39.2 Å². The second-order valence-corrected chi connectivity index (χ2v) is 8.76. The molecule has 1 saturated heterocycles. The van der Waals surface area contributed by atoms with Crippen LogP contribution in [0.25, 0.3) is 0 Å². The van der Waals surface area contributed by atoms with Gasteiger partial charge in [-0.2, -0.15) is 8.42 Å². The summed E-state index contributed by atoms with van der Waals surface area (Å²) in [6.07, 6.45) is 0.140. The van der Waals surface area contributed by atoms with Gasteiger partial charge in [0.2, 0.25) is 0 Å². The molecule has 7 heteroatoms. The Morgan fingerprint density at radius 2 is 1.80 bits per heavy atom. The molecule has 0 aliphatic carbocycles. The molecule has 0 aromatic rings. The zero-order chi connectivity index (χ0) is 11.9. The average Bonchev–Trinajstić information content (AvgIpc) is 2.25. The van der Waals surface area contributed by atoms with Crippen LogP contribution in [0.3, 0.4) is 0 Å². The topological polar surface area (TPSA) is 77.5 Å². The molecule has 0 bridgehead atoms. The summed E-state index contributed by atoms with van der Waals surface area (Å²) in [6.45, 7) is 4.86. The van der Waals surface area contributed by atoms with E-state index in [0.29, 0.717) is 0 Å². The van der Waals surface area contributed by atoms with E-state index in [1.807, 2.05) is 0 Å². The highest BCUT2D eigenvalue weighted by Crippen LogP contribution is 2.23. The van der Waals surface area contributed by atoms with E-state index >= 15 is 0 Å². The zero-order valence-corrected chi connectivity index (χ0v) is 10.7. The molecule has 1 rings (SSSR count). The molecular weight excluding hydrogens is 240 g/mol. The smallest absolute Gasteiger partial charge is 0.264 e. The highest BCUT2D eigenvalue weighted by atomic mass is 32.2. The van der Waals surface area contributed by atoms with E-state index in [1.165, 1.54) is 0 Å². The second kappa shape index (κ2) is 3.71. The lowest BCUT2D eigenvalue weighted by molar-refractivity contribution is 0.137. The van der Waals surface area contributed by atoms with Crippen LogP contribution in [0.1, 0.15) is 27.2 Å². The number of hydrogen-bond donors (Lipinski definition) is 0. The van der Waals surface area contributed by atoms with Crippen LogP contribution < -0.4 is 0 Å². The molecule has 90 valence electrons. The van der Waals surface area contributed by atoms with Crippen LogP contribution in [0.15, 0.2) is 0 Å². The average molecular weight is 256 g/mol. The second-order valence-electron chi connectivity index (χ2n) is 4.71. The van der Waals surface area contributed by atoms with Crippen molar-refractivity contribution in [3.05, 3.63) is 0 Å². The molecule has 0 saturated carbocycles. The summed E-state index contributed by atoms with van der Waals surface area (Å²) in [5, 5.41) is -0.901. The summed E-state index contributed by atoms with van der Waals surface area (Å²) >= 11 is 0. The van der Waals surface area contributed by atoms with E-state index < -0.39 is 30.8 Å². The SMILES string of the molecule is CC(C)(C)OS(=O)(=O)C1CCS(=O)(=O)C1. The van der Waals surface area contributed by atoms with Crippen molar-refractivity contribution < 1.29 is 21.0 Å². The van der Waals surface area contributed by atoms with Crippen LogP contribution in [0.4, 0.5) is 0 Å². The van der Waals surface area contributed by atoms with Gasteiger partial charge in [-0.25, -0.2) is 8.42 Å². The maximum atomic E-state index is 11.6. The minimum atomic E-state index is -3.77. The molecule has 1 atom stereocenters. The van der Waals surface area contributed by atoms with Gasteiger partial charge < -0.3 is 0 Å². The van der Waals surface area contributed by atoms with E-state index in [0.717, 1.165) is 0 Å². The number of sulfone groups is 1. The van der Waals surface area contributed by atoms with Crippen LogP contribution in [0.2, 0.25) is 0 Å². The van der Waals surface area contributed by atoms with Crippen LogP contribution in [0.5, 0.6) is 0 Å². The Hall–Kier alpha value is -0.140. The minimum Gasteiger partial charge on any atom is -0.264 e. The van der Waals surface area contributed by atoms with Crippen molar-refractivity contribution in [1.29, 1.82) is 0 Å². The number of rotatable bonds is 2. The Labute approximate surface area is 90.9 Å². The zero-order valence-electron chi connectivity index (χ0n) is 9.06. The van der Waals surface area contributed by atoms with Crippen molar-refractivity contribution in [2.24, 2.45) is 0 Å². The molecule has 1 fully saturated rings. The standard InChI is InChI=1S/C8H16O5S2/c1-8(2,3)13-15(11,12)7-4-5-14(9,10)6-7/h7H,4-6H2,1-3H3. The molecule has 1 aliphatic heterocycles. The van der Waals surface area contributed by atoms with E-state index in [4.69, 9.17) is 4.18 Å². The van der Waals surface area contributed by atoms with Gasteiger partial charge in [-0.1, -0.05) is 0 Å². The maximum absolute atomic E-state index is 11.6. The van der Waals surface area contributed by atoms with Gasteiger partial charge in [0.25, 0.3) is 10.1 Å². The first-order valence-electron chi connectivity index (χ1n) is 4.67. The summed E-state index contributed by atoms with van der Waals surface area (Å²) < 4.78 is 50.5. The van der Waals surface area contributed by atoms with Crippen LogP contribution >= 0.6 is 0 Å². The molecule has 1 aliphatic rings.